The highest BCUT2D eigenvalue weighted by molar-refractivity contribution is 14.1. The van der Waals surface area contributed by atoms with Gasteiger partial charge in [0.25, 0.3) is 0 Å². The van der Waals surface area contributed by atoms with Crippen molar-refractivity contribution in [3.05, 3.63) is 57.4 Å². The maximum Gasteiger partial charge on any atom is 0.307 e. The topological polar surface area (TPSA) is 49.3 Å². The smallest absolute Gasteiger partial charge is 0.307 e. The lowest BCUT2D eigenvalue weighted by Crippen LogP contribution is -2.04. The van der Waals surface area contributed by atoms with Gasteiger partial charge in [0.15, 0.2) is 0 Å². The Labute approximate surface area is 123 Å². The van der Waals surface area contributed by atoms with Crippen LogP contribution < -0.4 is 5.32 Å². The minimum Gasteiger partial charge on any atom is -0.481 e. The van der Waals surface area contributed by atoms with E-state index in [1.165, 1.54) is 6.07 Å². The van der Waals surface area contributed by atoms with Crippen molar-refractivity contribution in [3.8, 4) is 0 Å². The number of carboxylic acids is 1. The Kier molecular flexibility index (Phi) is 4.36. The molecule has 0 bridgehead atoms. The third-order valence-electron chi connectivity index (χ3n) is 2.56. The molecule has 0 saturated carbocycles. The third-order valence-corrected chi connectivity index (χ3v) is 3.23. The van der Waals surface area contributed by atoms with Crippen LogP contribution in [0.3, 0.4) is 0 Å². The number of benzene rings is 2. The van der Waals surface area contributed by atoms with Crippen molar-refractivity contribution < 1.29 is 14.3 Å². The van der Waals surface area contributed by atoms with Gasteiger partial charge in [-0.2, -0.15) is 0 Å². The molecule has 0 aromatic heterocycles. The number of halogens is 2. The molecule has 2 rings (SSSR count). The van der Waals surface area contributed by atoms with Gasteiger partial charge in [-0.05, 0) is 52.4 Å². The number of hydrogen-bond acceptors (Lipinski definition) is 2. The molecule has 2 aromatic rings. The first-order chi connectivity index (χ1) is 9.06. The highest BCUT2D eigenvalue weighted by Gasteiger charge is 2.08. The second kappa shape index (κ2) is 6.01. The highest BCUT2D eigenvalue weighted by atomic mass is 127. The number of nitrogens with one attached hydrogen (secondary N) is 1. The molecule has 2 N–H and O–H groups in total. The van der Waals surface area contributed by atoms with Crippen molar-refractivity contribution in [1.82, 2.24) is 0 Å². The molecule has 98 valence electrons. The molecule has 0 unspecified atom stereocenters. The van der Waals surface area contributed by atoms with Crippen LogP contribution in [0.4, 0.5) is 15.8 Å². The van der Waals surface area contributed by atoms with Crippen LogP contribution in [-0.2, 0) is 11.2 Å². The average molecular weight is 371 g/mol. The van der Waals surface area contributed by atoms with E-state index in [1.807, 2.05) is 22.6 Å². The minimum atomic E-state index is -0.919. The van der Waals surface area contributed by atoms with Crippen molar-refractivity contribution in [1.29, 1.82) is 0 Å². The maximum atomic E-state index is 13.7. The number of hydrogen-bond donors (Lipinski definition) is 2. The molecule has 3 nitrogen and oxygen atoms in total. The quantitative estimate of drug-likeness (QED) is 0.804. The van der Waals surface area contributed by atoms with Gasteiger partial charge in [0.05, 0.1) is 12.1 Å². The first-order valence-corrected chi connectivity index (χ1v) is 6.66. The van der Waals surface area contributed by atoms with Crippen LogP contribution in [-0.4, -0.2) is 11.1 Å². The zero-order chi connectivity index (χ0) is 13.8. The second-order valence-corrected chi connectivity index (χ2v) is 5.22. The Balaban J connectivity index is 2.30. The van der Waals surface area contributed by atoms with Crippen molar-refractivity contribution in [2.45, 2.75) is 6.42 Å². The lowest BCUT2D eigenvalue weighted by atomic mass is 10.1. The van der Waals surface area contributed by atoms with Crippen LogP contribution in [0.15, 0.2) is 42.5 Å². The van der Waals surface area contributed by atoms with E-state index in [0.29, 0.717) is 16.9 Å². The molecule has 5 heteroatoms. The van der Waals surface area contributed by atoms with Gasteiger partial charge in [-0.15, -0.1) is 0 Å². The van der Waals surface area contributed by atoms with E-state index in [0.717, 1.165) is 3.57 Å². The lowest BCUT2D eigenvalue weighted by Gasteiger charge is -2.11. The van der Waals surface area contributed by atoms with Crippen molar-refractivity contribution >= 4 is 39.9 Å². The highest BCUT2D eigenvalue weighted by Crippen LogP contribution is 2.24. The summed E-state index contributed by atoms with van der Waals surface area (Å²) in [4.78, 5) is 10.8. The molecule has 0 aliphatic rings. The molecule has 0 spiro atoms. The van der Waals surface area contributed by atoms with E-state index in [-0.39, 0.29) is 12.2 Å². The summed E-state index contributed by atoms with van der Waals surface area (Å²) in [5.74, 6) is -1.28. The average Bonchev–Trinajstić information content (AvgIpc) is 2.34. The van der Waals surface area contributed by atoms with E-state index >= 15 is 0 Å². The van der Waals surface area contributed by atoms with E-state index in [2.05, 4.69) is 5.32 Å². The van der Waals surface area contributed by atoms with Crippen molar-refractivity contribution in [2.75, 3.05) is 5.32 Å². The summed E-state index contributed by atoms with van der Waals surface area (Å²) in [6.07, 6.45) is -0.102. The van der Waals surface area contributed by atoms with Gasteiger partial charge in [-0.1, -0.05) is 18.2 Å². The molecule has 0 radical (unpaired) electrons. The SMILES string of the molecule is O=C(O)Cc1ccccc1Nc1ccc(I)cc1F. The molecule has 2 aromatic carbocycles. The van der Waals surface area contributed by atoms with E-state index in [9.17, 15) is 9.18 Å². The molecule has 0 atom stereocenters. The predicted octanol–water partition coefficient (Wildman–Crippen LogP) is 3.80. The fourth-order valence-corrected chi connectivity index (χ4v) is 2.15. The molecule has 0 amide bonds. The minimum absolute atomic E-state index is 0.102. The van der Waals surface area contributed by atoms with Crippen molar-refractivity contribution in [3.63, 3.8) is 0 Å². The van der Waals surface area contributed by atoms with Crippen LogP contribution >= 0.6 is 22.6 Å². The normalized spacial score (nSPS) is 10.2. The first-order valence-electron chi connectivity index (χ1n) is 5.58. The Bertz CT molecular complexity index is 616. The second-order valence-electron chi connectivity index (χ2n) is 3.98. The molecule has 0 fully saturated rings. The van der Waals surface area contributed by atoms with Crippen LogP contribution in [0, 0.1) is 9.39 Å². The molecule has 0 aliphatic carbocycles. The Morgan fingerprint density at radius 2 is 1.95 bits per heavy atom. The number of carboxylic acid groups (broad SMARTS) is 1. The Morgan fingerprint density at radius 1 is 1.21 bits per heavy atom. The lowest BCUT2D eigenvalue weighted by molar-refractivity contribution is -0.136. The van der Waals surface area contributed by atoms with E-state index < -0.39 is 5.97 Å². The summed E-state index contributed by atoms with van der Waals surface area (Å²) >= 11 is 2.03. The predicted molar refractivity (Wildman–Crippen MR) is 80.2 cm³/mol. The molecular weight excluding hydrogens is 360 g/mol. The summed E-state index contributed by atoms with van der Waals surface area (Å²) in [5.41, 5.74) is 1.55. The van der Waals surface area contributed by atoms with Gasteiger partial charge in [-0.25, -0.2) is 4.39 Å². The number of rotatable bonds is 4. The van der Waals surface area contributed by atoms with Gasteiger partial charge >= 0.3 is 5.97 Å². The standard InChI is InChI=1S/C14H11FINO2/c15-11-8-10(16)5-6-13(11)17-12-4-2-1-3-9(12)7-14(18)19/h1-6,8,17H,7H2,(H,18,19). The first kappa shape index (κ1) is 13.8. The summed E-state index contributed by atoms with van der Waals surface area (Å²) < 4.78 is 14.6. The monoisotopic (exact) mass is 371 g/mol. The maximum absolute atomic E-state index is 13.7. The molecule has 0 aliphatic heterocycles. The molecule has 0 saturated heterocycles. The number of para-hydroxylation sites is 1. The Hall–Kier alpha value is -1.63. The number of carbonyl (C=O) groups is 1. The van der Waals surface area contributed by atoms with Gasteiger partial charge < -0.3 is 10.4 Å². The zero-order valence-electron chi connectivity index (χ0n) is 9.86. The van der Waals surface area contributed by atoms with E-state index in [4.69, 9.17) is 5.11 Å². The van der Waals surface area contributed by atoms with Gasteiger partial charge in [0, 0.05) is 9.26 Å². The fourth-order valence-electron chi connectivity index (χ4n) is 1.70. The summed E-state index contributed by atoms with van der Waals surface area (Å²) in [5, 5.41) is 11.8. The molecular formula is C14H11FINO2. The summed E-state index contributed by atoms with van der Waals surface area (Å²) in [6, 6.07) is 11.8. The summed E-state index contributed by atoms with van der Waals surface area (Å²) in [7, 11) is 0. The summed E-state index contributed by atoms with van der Waals surface area (Å²) in [6.45, 7) is 0. The van der Waals surface area contributed by atoms with Gasteiger partial charge in [0.2, 0.25) is 0 Å². The van der Waals surface area contributed by atoms with Crippen LogP contribution in [0.5, 0.6) is 0 Å². The Morgan fingerprint density at radius 3 is 2.63 bits per heavy atom. The van der Waals surface area contributed by atoms with Crippen molar-refractivity contribution in [2.24, 2.45) is 0 Å². The van der Waals surface area contributed by atoms with Crippen LogP contribution in [0.1, 0.15) is 5.56 Å². The molecule has 19 heavy (non-hydrogen) atoms. The van der Waals surface area contributed by atoms with Crippen LogP contribution in [0.2, 0.25) is 0 Å². The third kappa shape index (κ3) is 3.66. The van der Waals surface area contributed by atoms with Gasteiger partial charge in [-0.3, -0.25) is 4.79 Å². The van der Waals surface area contributed by atoms with Crippen LogP contribution in [0.25, 0.3) is 0 Å². The fraction of sp³-hybridized carbons (Fsp3) is 0.0714. The van der Waals surface area contributed by atoms with E-state index in [1.54, 1.807) is 36.4 Å². The zero-order valence-corrected chi connectivity index (χ0v) is 12.0. The van der Waals surface area contributed by atoms with Gasteiger partial charge in [0.1, 0.15) is 5.82 Å². The largest absolute Gasteiger partial charge is 0.481 e. The number of aliphatic carboxylic acids is 1. The number of anilines is 2. The molecule has 0 heterocycles.